The highest BCUT2D eigenvalue weighted by Crippen LogP contribution is 2.38. The number of hydrogen-bond donors (Lipinski definition) is 1. The van der Waals surface area contributed by atoms with Gasteiger partial charge >= 0.3 is 0 Å². The van der Waals surface area contributed by atoms with Gasteiger partial charge < -0.3 is 14.7 Å². The van der Waals surface area contributed by atoms with Crippen molar-refractivity contribution in [1.29, 1.82) is 0 Å². The maximum absolute atomic E-state index is 13.7. The Balaban J connectivity index is 1.57. The van der Waals surface area contributed by atoms with Crippen LogP contribution < -0.4 is 5.32 Å². The summed E-state index contributed by atoms with van der Waals surface area (Å²) in [5.74, 6) is 0.624. The largest absolute Gasteiger partial charge is 0.351 e. The number of thiocarbonyl (C=S) groups is 1. The maximum Gasteiger partial charge on any atom is 0.258 e. The van der Waals surface area contributed by atoms with Gasteiger partial charge in [0.25, 0.3) is 5.89 Å². The van der Waals surface area contributed by atoms with Gasteiger partial charge in [-0.05, 0) is 54.4 Å². The predicted octanol–water partition coefficient (Wildman–Crippen LogP) is 6.30. The molecule has 35 heavy (non-hydrogen) atoms. The van der Waals surface area contributed by atoms with Crippen LogP contribution in [0.15, 0.2) is 89.1 Å². The van der Waals surface area contributed by atoms with Crippen LogP contribution in [0.5, 0.6) is 0 Å². The minimum atomic E-state index is -0.356. The van der Waals surface area contributed by atoms with E-state index in [-0.39, 0.29) is 11.9 Å². The predicted molar refractivity (Wildman–Crippen MR) is 139 cm³/mol. The highest BCUT2D eigenvalue weighted by Gasteiger charge is 2.34. The zero-order valence-electron chi connectivity index (χ0n) is 19.5. The standard InChI is InChI=1S/C28H25FN4OS/c1-3-19-9-11-22(12-10-19)26-31-27(34-32-26)24-18(2)33(17-20-7-5-4-6-8-20)28(35)30-25(24)21-13-15-23(29)16-14-21/h4-16,25H,3,17H2,1-2H3,(H,30,35). The average molecular weight is 485 g/mol. The summed E-state index contributed by atoms with van der Waals surface area (Å²) in [5, 5.41) is 8.26. The van der Waals surface area contributed by atoms with Crippen LogP contribution in [0.4, 0.5) is 4.39 Å². The Kier molecular flexibility index (Phi) is 6.42. The fourth-order valence-corrected chi connectivity index (χ4v) is 4.58. The number of aryl methyl sites for hydroxylation is 1. The second-order valence-corrected chi connectivity index (χ2v) is 8.87. The molecule has 0 fully saturated rings. The van der Waals surface area contributed by atoms with Crippen molar-refractivity contribution in [2.75, 3.05) is 0 Å². The van der Waals surface area contributed by atoms with Crippen molar-refractivity contribution < 1.29 is 8.91 Å². The summed E-state index contributed by atoms with van der Waals surface area (Å²) >= 11 is 5.75. The summed E-state index contributed by atoms with van der Waals surface area (Å²) in [4.78, 5) is 6.78. The Morgan fingerprint density at radius 1 is 0.971 bits per heavy atom. The topological polar surface area (TPSA) is 54.2 Å². The van der Waals surface area contributed by atoms with Gasteiger partial charge in [-0.2, -0.15) is 4.98 Å². The van der Waals surface area contributed by atoms with Crippen LogP contribution in [0.1, 0.15) is 42.5 Å². The van der Waals surface area contributed by atoms with Crippen molar-refractivity contribution in [1.82, 2.24) is 20.4 Å². The SMILES string of the molecule is CCc1ccc(-c2noc(C3=C(C)N(Cc4ccccc4)C(=S)NC3c3ccc(F)cc3)n2)cc1. The fourth-order valence-electron chi connectivity index (χ4n) is 4.26. The van der Waals surface area contributed by atoms with Gasteiger partial charge in [0, 0.05) is 17.8 Å². The molecular formula is C28H25FN4OS. The van der Waals surface area contributed by atoms with Crippen LogP contribution in [0, 0.1) is 5.82 Å². The Morgan fingerprint density at radius 3 is 2.37 bits per heavy atom. The molecule has 0 spiro atoms. The Hall–Kier alpha value is -3.84. The summed E-state index contributed by atoms with van der Waals surface area (Å²) in [7, 11) is 0. The van der Waals surface area contributed by atoms with Gasteiger partial charge in [0.05, 0.1) is 11.6 Å². The smallest absolute Gasteiger partial charge is 0.258 e. The second-order valence-electron chi connectivity index (χ2n) is 8.48. The third kappa shape index (κ3) is 4.72. The minimum Gasteiger partial charge on any atom is -0.351 e. The zero-order chi connectivity index (χ0) is 24.4. The molecule has 4 aromatic rings. The van der Waals surface area contributed by atoms with Crippen LogP contribution in [0.2, 0.25) is 0 Å². The number of aromatic nitrogens is 2. The van der Waals surface area contributed by atoms with Gasteiger partial charge in [-0.15, -0.1) is 0 Å². The van der Waals surface area contributed by atoms with Gasteiger partial charge in [-0.3, -0.25) is 0 Å². The molecule has 7 heteroatoms. The van der Waals surface area contributed by atoms with Crippen LogP contribution in [0.25, 0.3) is 17.0 Å². The van der Waals surface area contributed by atoms with E-state index in [2.05, 4.69) is 41.7 Å². The van der Waals surface area contributed by atoms with Crippen molar-refractivity contribution in [3.05, 3.63) is 113 Å². The molecule has 1 N–H and O–H groups in total. The molecule has 1 atom stereocenters. The highest BCUT2D eigenvalue weighted by molar-refractivity contribution is 7.80. The molecule has 1 unspecified atom stereocenters. The number of rotatable bonds is 6. The van der Waals surface area contributed by atoms with E-state index in [0.29, 0.717) is 23.4 Å². The molecule has 1 aromatic heterocycles. The van der Waals surface area contributed by atoms with Gasteiger partial charge in [-0.1, -0.05) is 78.8 Å². The van der Waals surface area contributed by atoms with Crippen LogP contribution >= 0.6 is 12.2 Å². The van der Waals surface area contributed by atoms with Crippen LogP contribution in [-0.4, -0.2) is 20.2 Å². The Morgan fingerprint density at radius 2 is 1.69 bits per heavy atom. The number of benzene rings is 3. The lowest BCUT2D eigenvalue weighted by molar-refractivity contribution is 0.396. The molecule has 1 aliphatic rings. The maximum atomic E-state index is 13.7. The number of nitrogens with one attached hydrogen (secondary N) is 1. The van der Waals surface area contributed by atoms with Gasteiger partial charge in [0.1, 0.15) is 5.82 Å². The second kappa shape index (κ2) is 9.80. The molecule has 0 saturated carbocycles. The fraction of sp³-hybridized carbons (Fsp3) is 0.179. The molecule has 0 radical (unpaired) electrons. The highest BCUT2D eigenvalue weighted by atomic mass is 32.1. The van der Waals surface area contributed by atoms with Crippen LogP contribution in [0.3, 0.4) is 0 Å². The van der Waals surface area contributed by atoms with Crippen molar-refractivity contribution in [2.45, 2.75) is 32.9 Å². The van der Waals surface area contributed by atoms with E-state index in [1.54, 1.807) is 12.1 Å². The van der Waals surface area contributed by atoms with E-state index < -0.39 is 0 Å². The minimum absolute atomic E-state index is 0.296. The molecule has 0 saturated heterocycles. The molecule has 0 amide bonds. The van der Waals surface area contributed by atoms with E-state index in [4.69, 9.17) is 21.7 Å². The third-order valence-electron chi connectivity index (χ3n) is 6.26. The number of nitrogens with zero attached hydrogens (tertiary/aromatic N) is 3. The quantitative estimate of drug-likeness (QED) is 0.324. The van der Waals surface area contributed by atoms with E-state index >= 15 is 0 Å². The Bertz CT molecular complexity index is 1360. The Labute approximate surface area is 209 Å². The molecule has 5 nitrogen and oxygen atoms in total. The van der Waals surface area contributed by atoms with Crippen molar-refractivity contribution >= 4 is 22.9 Å². The summed E-state index contributed by atoms with van der Waals surface area (Å²) in [6.45, 7) is 4.72. The monoisotopic (exact) mass is 484 g/mol. The molecule has 1 aliphatic heterocycles. The zero-order valence-corrected chi connectivity index (χ0v) is 20.3. The van der Waals surface area contributed by atoms with E-state index in [1.807, 2.05) is 42.2 Å². The molecule has 0 aliphatic carbocycles. The third-order valence-corrected chi connectivity index (χ3v) is 6.60. The summed E-state index contributed by atoms with van der Waals surface area (Å²) in [6, 6.07) is 24.3. The summed E-state index contributed by atoms with van der Waals surface area (Å²) < 4.78 is 19.5. The summed E-state index contributed by atoms with van der Waals surface area (Å²) in [5.41, 5.74) is 5.82. The van der Waals surface area contributed by atoms with Crippen LogP contribution in [-0.2, 0) is 13.0 Å². The molecule has 3 aromatic carbocycles. The first-order chi connectivity index (χ1) is 17.0. The molecule has 0 bridgehead atoms. The first-order valence-corrected chi connectivity index (χ1v) is 12.0. The van der Waals surface area contributed by atoms with E-state index in [9.17, 15) is 4.39 Å². The van der Waals surface area contributed by atoms with Gasteiger partial charge in [0.15, 0.2) is 5.11 Å². The summed E-state index contributed by atoms with van der Waals surface area (Å²) in [6.07, 6.45) is 0.964. The lowest BCUT2D eigenvalue weighted by Crippen LogP contribution is -2.45. The van der Waals surface area contributed by atoms with Gasteiger partial charge in [0.2, 0.25) is 5.82 Å². The number of allylic oxidation sites excluding steroid dienone is 1. The molecular weight excluding hydrogens is 459 g/mol. The number of halogens is 1. The lowest BCUT2D eigenvalue weighted by atomic mass is 9.94. The van der Waals surface area contributed by atoms with Crippen molar-refractivity contribution in [3.8, 4) is 11.4 Å². The van der Waals surface area contributed by atoms with E-state index in [1.165, 1.54) is 17.7 Å². The number of hydrogen-bond acceptors (Lipinski definition) is 4. The van der Waals surface area contributed by atoms with E-state index in [0.717, 1.165) is 34.4 Å². The molecule has 2 heterocycles. The first-order valence-electron chi connectivity index (χ1n) is 11.5. The lowest BCUT2D eigenvalue weighted by Gasteiger charge is -2.37. The first kappa shape index (κ1) is 22.9. The molecule has 176 valence electrons. The normalized spacial score (nSPS) is 15.9. The van der Waals surface area contributed by atoms with Gasteiger partial charge in [-0.25, -0.2) is 4.39 Å². The van der Waals surface area contributed by atoms with Crippen molar-refractivity contribution in [2.24, 2.45) is 0 Å². The average Bonchev–Trinajstić information content (AvgIpc) is 3.37. The van der Waals surface area contributed by atoms with Crippen molar-refractivity contribution in [3.63, 3.8) is 0 Å². The molecule has 5 rings (SSSR count).